The summed E-state index contributed by atoms with van der Waals surface area (Å²) in [5, 5.41) is 13.6. The number of hydrogen-bond acceptors (Lipinski definition) is 6. The van der Waals surface area contributed by atoms with Crippen LogP contribution < -0.4 is 10.7 Å². The molecule has 1 atom stereocenters. The maximum Gasteiger partial charge on any atom is 0.217 e. The van der Waals surface area contributed by atoms with E-state index >= 15 is 0 Å². The average Bonchev–Trinajstić information content (AvgIpc) is 3.33. The summed E-state index contributed by atoms with van der Waals surface area (Å²) >= 11 is 0. The molecular weight excluding hydrogens is 368 g/mol. The van der Waals surface area contributed by atoms with Crippen LogP contribution >= 0.6 is 0 Å². The van der Waals surface area contributed by atoms with Crippen LogP contribution in [0.15, 0.2) is 35.7 Å². The summed E-state index contributed by atoms with van der Waals surface area (Å²) in [6.45, 7) is 3.63. The molecule has 1 saturated heterocycles. The molecule has 7 nitrogen and oxygen atoms in total. The summed E-state index contributed by atoms with van der Waals surface area (Å²) in [4.78, 5) is 28.2. The zero-order valence-electron chi connectivity index (χ0n) is 16.7. The molecule has 154 valence electrons. The minimum absolute atomic E-state index is 0.139. The Balaban J connectivity index is 1.22. The number of carbonyl (C=O) groups excluding carboxylic acids is 2. The Kier molecular flexibility index (Phi) is 4.69. The number of fused-ring (bicyclic) bond motifs is 1. The van der Waals surface area contributed by atoms with Crippen LogP contribution in [0.25, 0.3) is 0 Å². The highest BCUT2D eigenvalue weighted by Crippen LogP contribution is 2.46. The maximum absolute atomic E-state index is 13.0. The highest BCUT2D eigenvalue weighted by atomic mass is 16.6. The van der Waals surface area contributed by atoms with Crippen molar-refractivity contribution in [2.75, 3.05) is 26.2 Å². The Hall–Kier alpha value is -2.22. The Morgan fingerprint density at radius 1 is 0.966 bits per heavy atom. The zero-order chi connectivity index (χ0) is 20.0. The summed E-state index contributed by atoms with van der Waals surface area (Å²) in [5.74, 6) is -0.515. The standard InChI is InChI=1S/C22H28N4O3/c27-20-16-6-1-2-7-17(16)21(28)19-18(20)23-26(29)25(19)13-5-12-24-14-10-22(11-15-24)8-3-4-9-22/h1-2,6-7,23,26H,3-5,8-15H2. The fourth-order valence-electron chi connectivity index (χ4n) is 5.55. The predicted octanol–water partition coefficient (Wildman–Crippen LogP) is 1.44. The van der Waals surface area contributed by atoms with E-state index in [0.717, 1.165) is 26.1 Å². The molecule has 2 fully saturated rings. The third-order valence-electron chi connectivity index (χ3n) is 7.28. The lowest BCUT2D eigenvalue weighted by atomic mass is 9.77. The highest BCUT2D eigenvalue weighted by Gasteiger charge is 2.43. The van der Waals surface area contributed by atoms with Gasteiger partial charge in [-0.2, -0.15) is 10.3 Å². The maximum atomic E-state index is 13.0. The quantitative estimate of drug-likeness (QED) is 0.750. The van der Waals surface area contributed by atoms with E-state index in [0.29, 0.717) is 23.1 Å². The number of nitrogens with zero attached hydrogens (tertiary/aromatic N) is 2. The summed E-state index contributed by atoms with van der Waals surface area (Å²) in [7, 11) is 0. The lowest BCUT2D eigenvalue weighted by Crippen LogP contribution is -3.17. The molecule has 0 radical (unpaired) electrons. The second-order valence-electron chi connectivity index (χ2n) is 8.91. The van der Waals surface area contributed by atoms with Crippen LogP contribution in [0.2, 0.25) is 0 Å². The number of quaternary nitrogens is 1. The van der Waals surface area contributed by atoms with E-state index in [9.17, 15) is 14.8 Å². The Bertz CT molecular complexity index is 865. The summed E-state index contributed by atoms with van der Waals surface area (Å²) in [6, 6.07) is 6.78. The van der Waals surface area contributed by atoms with Gasteiger partial charge in [0.25, 0.3) is 0 Å². The number of carbonyl (C=O) groups is 2. The van der Waals surface area contributed by atoms with Crippen molar-refractivity contribution in [3.8, 4) is 0 Å². The van der Waals surface area contributed by atoms with Gasteiger partial charge >= 0.3 is 0 Å². The van der Waals surface area contributed by atoms with Crippen molar-refractivity contribution in [3.05, 3.63) is 52.0 Å². The molecule has 0 amide bonds. The molecule has 1 saturated carbocycles. The van der Waals surface area contributed by atoms with Crippen molar-refractivity contribution in [2.45, 2.75) is 44.9 Å². The van der Waals surface area contributed by atoms with E-state index in [2.05, 4.69) is 10.3 Å². The van der Waals surface area contributed by atoms with Crippen LogP contribution in [0, 0.1) is 10.6 Å². The van der Waals surface area contributed by atoms with E-state index in [1.54, 1.807) is 24.3 Å². The first-order chi connectivity index (χ1) is 14.1. The summed E-state index contributed by atoms with van der Waals surface area (Å²) in [6.07, 6.45) is 8.92. The number of hydrogen-bond donors (Lipinski definition) is 2. The Morgan fingerprint density at radius 3 is 2.31 bits per heavy atom. The average molecular weight is 396 g/mol. The molecule has 29 heavy (non-hydrogen) atoms. The fourth-order valence-corrected chi connectivity index (χ4v) is 5.55. The zero-order valence-corrected chi connectivity index (χ0v) is 16.7. The number of allylic oxidation sites excluding steroid dienone is 2. The molecule has 2 heterocycles. The molecule has 1 spiro atoms. The predicted molar refractivity (Wildman–Crippen MR) is 107 cm³/mol. The van der Waals surface area contributed by atoms with Crippen molar-refractivity contribution < 1.29 is 14.9 Å². The third-order valence-corrected chi connectivity index (χ3v) is 7.28. The van der Waals surface area contributed by atoms with Crippen molar-refractivity contribution in [1.82, 2.24) is 15.3 Å². The number of benzene rings is 1. The van der Waals surface area contributed by atoms with Crippen LogP contribution in [0.5, 0.6) is 0 Å². The first-order valence-electron chi connectivity index (χ1n) is 10.8. The molecule has 2 N–H and O–H groups in total. The molecule has 1 unspecified atom stereocenters. The largest absolute Gasteiger partial charge is 0.582 e. The van der Waals surface area contributed by atoms with Gasteiger partial charge < -0.3 is 10.1 Å². The number of piperidine rings is 1. The van der Waals surface area contributed by atoms with Gasteiger partial charge in [-0.1, -0.05) is 37.1 Å². The van der Waals surface area contributed by atoms with E-state index in [4.69, 9.17) is 0 Å². The van der Waals surface area contributed by atoms with E-state index in [1.165, 1.54) is 43.5 Å². The SMILES string of the molecule is O=C1C2=C(C(=O)c3ccccc31)N(CCCN1CCC3(CCCC3)CC1)[NH+]([O-])N2. The van der Waals surface area contributed by atoms with Crippen molar-refractivity contribution in [3.63, 3.8) is 0 Å². The van der Waals surface area contributed by atoms with Crippen LogP contribution in [0.3, 0.4) is 0 Å². The molecule has 1 aromatic carbocycles. The monoisotopic (exact) mass is 396 g/mol. The lowest BCUT2D eigenvalue weighted by molar-refractivity contribution is -0.993. The first-order valence-corrected chi connectivity index (χ1v) is 10.8. The topological polar surface area (TPSA) is 80.2 Å². The summed E-state index contributed by atoms with van der Waals surface area (Å²) in [5.41, 5.74) is 4.35. The van der Waals surface area contributed by atoms with Gasteiger partial charge in [-0.05, 0) is 50.6 Å². The number of ketones is 2. The molecule has 4 aliphatic rings. The molecule has 0 bridgehead atoms. The molecular formula is C22H28N4O3. The minimum atomic E-state index is -0.368. The van der Waals surface area contributed by atoms with Gasteiger partial charge in [-0.15, -0.1) is 0 Å². The summed E-state index contributed by atoms with van der Waals surface area (Å²) < 4.78 is 0. The van der Waals surface area contributed by atoms with Crippen LogP contribution in [0.4, 0.5) is 0 Å². The molecule has 5 rings (SSSR count). The minimum Gasteiger partial charge on any atom is -0.582 e. The first kappa shape index (κ1) is 18.8. The Labute approximate surface area is 170 Å². The van der Waals surface area contributed by atoms with Gasteiger partial charge in [-0.3, -0.25) is 9.59 Å². The van der Waals surface area contributed by atoms with Crippen molar-refractivity contribution in [1.29, 1.82) is 0 Å². The second-order valence-corrected chi connectivity index (χ2v) is 8.91. The number of rotatable bonds is 4. The number of likely N-dealkylation sites (tertiary alicyclic amines) is 1. The smallest absolute Gasteiger partial charge is 0.217 e. The van der Waals surface area contributed by atoms with Crippen LogP contribution in [-0.2, 0) is 0 Å². The highest BCUT2D eigenvalue weighted by molar-refractivity contribution is 6.26. The van der Waals surface area contributed by atoms with Gasteiger partial charge in [0.1, 0.15) is 0 Å². The normalized spacial score (nSPS) is 26.1. The Morgan fingerprint density at radius 2 is 1.62 bits per heavy atom. The molecule has 7 heteroatoms. The molecule has 2 aliphatic carbocycles. The third kappa shape index (κ3) is 3.17. The van der Waals surface area contributed by atoms with E-state index in [-0.39, 0.29) is 28.2 Å². The van der Waals surface area contributed by atoms with E-state index < -0.39 is 0 Å². The second kappa shape index (κ2) is 7.23. The van der Waals surface area contributed by atoms with Crippen LogP contribution in [-0.4, -0.2) is 47.7 Å². The van der Waals surface area contributed by atoms with Gasteiger partial charge in [0, 0.05) is 17.7 Å². The molecule has 1 aromatic rings. The van der Waals surface area contributed by atoms with Gasteiger partial charge in [0.15, 0.2) is 11.4 Å². The number of Topliss-reactive ketones (excluding diaryl/α,β-unsaturated/α-hetero) is 2. The van der Waals surface area contributed by atoms with Gasteiger partial charge in [0.2, 0.25) is 11.6 Å². The van der Waals surface area contributed by atoms with Gasteiger partial charge in [-0.25, -0.2) is 5.43 Å². The molecule has 0 aromatic heterocycles. The van der Waals surface area contributed by atoms with Crippen molar-refractivity contribution >= 4 is 11.6 Å². The fraction of sp³-hybridized carbons (Fsp3) is 0.545. The number of nitrogens with one attached hydrogen (secondary N) is 2. The van der Waals surface area contributed by atoms with Gasteiger partial charge in [0.05, 0.1) is 6.54 Å². The van der Waals surface area contributed by atoms with Crippen molar-refractivity contribution in [2.24, 2.45) is 5.41 Å². The van der Waals surface area contributed by atoms with Crippen LogP contribution in [0.1, 0.15) is 65.7 Å². The lowest BCUT2D eigenvalue weighted by Gasteiger charge is -2.39. The molecule has 2 aliphatic heterocycles. The van der Waals surface area contributed by atoms with E-state index in [1.807, 2.05) is 0 Å².